The van der Waals surface area contributed by atoms with Crippen molar-refractivity contribution < 1.29 is 37.0 Å². The van der Waals surface area contributed by atoms with Gasteiger partial charge in [0, 0.05) is 21.7 Å². The molecule has 0 fully saturated rings. The van der Waals surface area contributed by atoms with Crippen LogP contribution in [-0.2, 0) is 15.8 Å². The van der Waals surface area contributed by atoms with Gasteiger partial charge in [0.2, 0.25) is 5.91 Å². The van der Waals surface area contributed by atoms with Gasteiger partial charge in [-0.15, -0.1) is 11.8 Å². The summed E-state index contributed by atoms with van der Waals surface area (Å²) in [5.74, 6) is -0.957. The number of anilines is 2. The molecule has 3 N–H and O–H groups in total. The van der Waals surface area contributed by atoms with Crippen molar-refractivity contribution >= 4 is 58.5 Å². The second-order valence-corrected chi connectivity index (χ2v) is 11.0. The van der Waals surface area contributed by atoms with E-state index < -0.39 is 29.5 Å². The van der Waals surface area contributed by atoms with Crippen LogP contribution in [0.25, 0.3) is 6.08 Å². The lowest BCUT2D eigenvalue weighted by atomic mass is 10.1. The normalized spacial score (nSPS) is 11.4. The third kappa shape index (κ3) is 9.29. The van der Waals surface area contributed by atoms with Crippen molar-refractivity contribution in [3.05, 3.63) is 118 Å². The highest BCUT2D eigenvalue weighted by Gasteiger charge is 2.31. The van der Waals surface area contributed by atoms with Crippen molar-refractivity contribution in [3.63, 3.8) is 0 Å². The van der Waals surface area contributed by atoms with Crippen molar-refractivity contribution in [1.29, 1.82) is 0 Å². The maximum atomic E-state index is 13.5. The molecule has 0 saturated heterocycles. The van der Waals surface area contributed by atoms with Gasteiger partial charge in [-0.3, -0.25) is 14.4 Å². The predicted molar refractivity (Wildman–Crippen MR) is 172 cm³/mol. The maximum Gasteiger partial charge on any atom is 0.416 e. The fourth-order valence-corrected chi connectivity index (χ4v) is 4.96. The van der Waals surface area contributed by atoms with E-state index in [1.807, 2.05) is 0 Å². The first-order valence-electron chi connectivity index (χ1n) is 13.5. The highest BCUT2D eigenvalue weighted by atomic mass is 35.5. The summed E-state index contributed by atoms with van der Waals surface area (Å²) in [6, 6.07) is 22.6. The molecule has 0 unspecified atom stereocenters. The number of nitrogens with one attached hydrogen (secondary N) is 3. The summed E-state index contributed by atoms with van der Waals surface area (Å²) < 4.78 is 49.9. The van der Waals surface area contributed by atoms with Gasteiger partial charge < -0.3 is 25.4 Å². The van der Waals surface area contributed by atoms with Crippen LogP contribution < -0.4 is 25.4 Å². The quantitative estimate of drug-likeness (QED) is 0.113. The van der Waals surface area contributed by atoms with E-state index >= 15 is 0 Å². The number of halogens is 4. The van der Waals surface area contributed by atoms with Crippen LogP contribution in [0.15, 0.2) is 102 Å². The van der Waals surface area contributed by atoms with Crippen molar-refractivity contribution in [3.8, 4) is 11.5 Å². The number of thioether (sulfide) groups is 1. The van der Waals surface area contributed by atoms with Crippen LogP contribution >= 0.6 is 23.4 Å². The third-order valence-corrected chi connectivity index (χ3v) is 7.62. The van der Waals surface area contributed by atoms with Gasteiger partial charge in [0.05, 0.1) is 36.2 Å². The van der Waals surface area contributed by atoms with Gasteiger partial charge in [0.25, 0.3) is 11.8 Å². The van der Waals surface area contributed by atoms with Crippen LogP contribution in [-0.4, -0.2) is 37.7 Å². The average Bonchev–Trinajstić information content (AvgIpc) is 3.04. The smallest absolute Gasteiger partial charge is 0.416 e. The summed E-state index contributed by atoms with van der Waals surface area (Å²) in [4.78, 5) is 39.6. The first kappa shape index (κ1) is 33.9. The van der Waals surface area contributed by atoms with Crippen LogP contribution in [0, 0.1) is 0 Å². The van der Waals surface area contributed by atoms with Crippen LogP contribution in [0.2, 0.25) is 5.02 Å². The topological polar surface area (TPSA) is 106 Å². The van der Waals surface area contributed by atoms with Crippen LogP contribution in [0.5, 0.6) is 11.5 Å². The number of rotatable bonds is 11. The zero-order chi connectivity index (χ0) is 33.3. The second kappa shape index (κ2) is 15.4. The largest absolute Gasteiger partial charge is 0.497 e. The zero-order valence-electron chi connectivity index (χ0n) is 24.4. The highest BCUT2D eigenvalue weighted by molar-refractivity contribution is 8.00. The minimum Gasteiger partial charge on any atom is -0.497 e. The molecule has 4 aromatic rings. The number of hydrogen-bond acceptors (Lipinski definition) is 6. The van der Waals surface area contributed by atoms with Gasteiger partial charge in [-0.05, 0) is 72.8 Å². The molecule has 0 spiro atoms. The van der Waals surface area contributed by atoms with E-state index in [9.17, 15) is 27.6 Å². The van der Waals surface area contributed by atoms with E-state index in [1.54, 1.807) is 72.8 Å². The fraction of sp³-hybridized carbons (Fsp3) is 0.121. The first-order valence-corrected chi connectivity index (χ1v) is 14.8. The molecule has 238 valence electrons. The van der Waals surface area contributed by atoms with Gasteiger partial charge in [0.15, 0.2) is 0 Å². The van der Waals surface area contributed by atoms with Crippen LogP contribution in [0.4, 0.5) is 24.5 Å². The summed E-state index contributed by atoms with van der Waals surface area (Å²) in [7, 11) is 2.97. The SMILES string of the molecule is COc1ccc(OC)c(/C=C(/NC(=O)c2ccccc2)C(=O)Nc2cccc(SCC(=O)Nc3cc(C(F)(F)F)ccc3Cl)c2)c1. The van der Waals surface area contributed by atoms with Crippen molar-refractivity contribution in [2.24, 2.45) is 0 Å². The Bertz CT molecular complexity index is 1770. The number of amides is 3. The van der Waals surface area contributed by atoms with Gasteiger partial charge >= 0.3 is 6.18 Å². The van der Waals surface area contributed by atoms with Crippen LogP contribution in [0.3, 0.4) is 0 Å². The molecular formula is C33H27ClF3N3O5S. The Hall–Kier alpha value is -4.94. The van der Waals surface area contributed by atoms with Crippen molar-refractivity contribution in [1.82, 2.24) is 5.32 Å². The van der Waals surface area contributed by atoms with E-state index in [-0.39, 0.29) is 22.2 Å². The van der Waals surface area contributed by atoms with Crippen molar-refractivity contribution in [2.75, 3.05) is 30.6 Å². The molecule has 8 nitrogen and oxygen atoms in total. The summed E-state index contributed by atoms with van der Waals surface area (Å²) in [6.07, 6.45) is -3.14. The molecule has 0 heterocycles. The number of methoxy groups -OCH3 is 2. The molecule has 4 rings (SSSR count). The van der Waals surface area contributed by atoms with E-state index in [1.165, 1.54) is 20.3 Å². The summed E-state index contributed by atoms with van der Waals surface area (Å²) >= 11 is 7.07. The number of ether oxygens (including phenoxy) is 2. The number of benzene rings is 4. The Morgan fingerprint density at radius 3 is 2.33 bits per heavy atom. The fourth-order valence-electron chi connectivity index (χ4n) is 4.04. The summed E-state index contributed by atoms with van der Waals surface area (Å²) in [5.41, 5.74) is -0.0304. The molecular weight excluding hydrogens is 643 g/mol. The van der Waals surface area contributed by atoms with Crippen molar-refractivity contribution in [2.45, 2.75) is 11.1 Å². The molecule has 0 aliphatic heterocycles. The lowest BCUT2D eigenvalue weighted by Gasteiger charge is -2.14. The lowest BCUT2D eigenvalue weighted by molar-refractivity contribution is -0.137. The Kier molecular flexibility index (Phi) is 11.3. The standard InChI is InChI=1S/C33H27ClF3N3O5S/c1-44-24-12-14-29(45-2)21(15-24)16-28(40-31(42)20-7-4-3-5-8-20)32(43)38-23-9-6-10-25(18-23)46-19-30(41)39-27-17-22(33(35,36)37)11-13-26(27)34/h3-18H,19H2,1-2H3,(H,38,43)(H,39,41)(H,40,42)/b28-16+. The van der Waals surface area contributed by atoms with E-state index in [0.29, 0.717) is 33.2 Å². The molecule has 0 atom stereocenters. The molecule has 0 saturated carbocycles. The Balaban J connectivity index is 1.50. The summed E-state index contributed by atoms with van der Waals surface area (Å²) in [5, 5.41) is 7.77. The van der Waals surface area contributed by atoms with E-state index in [0.717, 1.165) is 30.0 Å². The average molecular weight is 670 g/mol. The third-order valence-electron chi connectivity index (χ3n) is 6.30. The predicted octanol–water partition coefficient (Wildman–Crippen LogP) is 7.52. The molecule has 0 bridgehead atoms. The minimum atomic E-state index is -4.59. The molecule has 0 radical (unpaired) electrons. The van der Waals surface area contributed by atoms with E-state index in [4.69, 9.17) is 21.1 Å². The molecule has 0 aliphatic rings. The molecule has 4 aromatic carbocycles. The summed E-state index contributed by atoms with van der Waals surface area (Å²) in [6.45, 7) is 0. The highest BCUT2D eigenvalue weighted by Crippen LogP contribution is 2.34. The number of carbonyl (C=O) groups is 3. The van der Waals surface area contributed by atoms with Gasteiger partial charge in [-0.1, -0.05) is 35.9 Å². The number of hydrogen-bond donors (Lipinski definition) is 3. The second-order valence-electron chi connectivity index (χ2n) is 9.50. The monoisotopic (exact) mass is 669 g/mol. The van der Waals surface area contributed by atoms with Gasteiger partial charge in [-0.25, -0.2) is 0 Å². The first-order chi connectivity index (χ1) is 22.0. The zero-order valence-corrected chi connectivity index (χ0v) is 26.0. The molecule has 0 aromatic heterocycles. The number of alkyl halides is 3. The minimum absolute atomic E-state index is 0.0363. The van der Waals surface area contributed by atoms with Crippen LogP contribution in [0.1, 0.15) is 21.5 Å². The molecule has 3 amide bonds. The molecule has 13 heteroatoms. The number of carbonyl (C=O) groups excluding carboxylic acids is 3. The maximum absolute atomic E-state index is 13.5. The molecule has 46 heavy (non-hydrogen) atoms. The molecule has 0 aliphatic carbocycles. The Morgan fingerprint density at radius 1 is 0.870 bits per heavy atom. The van der Waals surface area contributed by atoms with Gasteiger partial charge in [-0.2, -0.15) is 13.2 Å². The lowest BCUT2D eigenvalue weighted by Crippen LogP contribution is -2.30. The Morgan fingerprint density at radius 2 is 1.63 bits per heavy atom. The van der Waals surface area contributed by atoms with E-state index in [2.05, 4.69) is 16.0 Å². The van der Waals surface area contributed by atoms with Gasteiger partial charge in [0.1, 0.15) is 17.2 Å². The Labute approximate surface area is 271 Å².